The first kappa shape index (κ1) is 20.7. The van der Waals surface area contributed by atoms with Gasteiger partial charge in [0.1, 0.15) is 17.7 Å². The van der Waals surface area contributed by atoms with Crippen LogP contribution in [0.15, 0.2) is 60.8 Å². The fourth-order valence-corrected chi connectivity index (χ4v) is 4.30. The van der Waals surface area contributed by atoms with Crippen molar-refractivity contribution >= 4 is 11.8 Å². The number of benzene rings is 2. The molecular weight excluding hydrogens is 400 g/mol. The summed E-state index contributed by atoms with van der Waals surface area (Å²) in [5, 5.41) is 0. The number of hydrogen-bond acceptors (Lipinski definition) is 3. The Balaban J connectivity index is 1.90. The second-order valence-corrected chi connectivity index (χ2v) is 7.57. The minimum absolute atomic E-state index is 0.301. The van der Waals surface area contributed by atoms with E-state index in [0.717, 1.165) is 6.07 Å². The van der Waals surface area contributed by atoms with E-state index >= 15 is 0 Å². The predicted octanol–water partition coefficient (Wildman–Crippen LogP) is 4.02. The Hall–Kier alpha value is -3.61. The molecule has 0 spiro atoms. The number of nitrogens with two attached hydrogens (primary N) is 1. The summed E-state index contributed by atoms with van der Waals surface area (Å²) in [4.78, 5) is 31.9. The number of carbonyl (C=O) groups excluding carboxylic acids is 2. The summed E-state index contributed by atoms with van der Waals surface area (Å²) < 4.78 is 28.5. The molecule has 2 N–H and O–H groups in total. The highest BCUT2D eigenvalue weighted by Crippen LogP contribution is 2.42. The number of carbonyl (C=O) groups is 2. The molecule has 2 amide bonds. The minimum Gasteiger partial charge on any atom is -0.368 e. The lowest BCUT2D eigenvalue weighted by molar-refractivity contribution is -0.123. The summed E-state index contributed by atoms with van der Waals surface area (Å²) in [6.45, 7) is 1.69. The minimum atomic E-state index is -1.12. The van der Waals surface area contributed by atoms with Gasteiger partial charge in [-0.05, 0) is 54.7 Å². The largest absolute Gasteiger partial charge is 0.368 e. The van der Waals surface area contributed by atoms with E-state index in [9.17, 15) is 18.4 Å². The van der Waals surface area contributed by atoms with Gasteiger partial charge in [-0.15, -0.1) is 0 Å². The number of fused-ring (bicyclic) bond motifs is 1. The summed E-state index contributed by atoms with van der Waals surface area (Å²) in [5.74, 6) is -2.59. The van der Waals surface area contributed by atoms with E-state index < -0.39 is 35.5 Å². The van der Waals surface area contributed by atoms with Crippen molar-refractivity contribution in [3.63, 3.8) is 0 Å². The van der Waals surface area contributed by atoms with Crippen LogP contribution in [0.5, 0.6) is 0 Å². The summed E-state index contributed by atoms with van der Waals surface area (Å²) >= 11 is 0. The molecule has 0 fully saturated rings. The second-order valence-electron chi connectivity index (χ2n) is 7.57. The molecule has 4 rings (SSSR count). The molecule has 0 aliphatic heterocycles. The van der Waals surface area contributed by atoms with Crippen LogP contribution < -0.4 is 5.73 Å². The Morgan fingerprint density at radius 3 is 2.55 bits per heavy atom. The molecule has 5 nitrogen and oxygen atoms in total. The Kier molecular flexibility index (Phi) is 5.50. The van der Waals surface area contributed by atoms with Crippen molar-refractivity contribution in [1.29, 1.82) is 0 Å². The van der Waals surface area contributed by atoms with Gasteiger partial charge >= 0.3 is 0 Å². The lowest BCUT2D eigenvalue weighted by Crippen LogP contribution is -2.43. The van der Waals surface area contributed by atoms with E-state index in [0.29, 0.717) is 40.8 Å². The van der Waals surface area contributed by atoms with Crippen LogP contribution in [-0.4, -0.2) is 21.7 Å². The number of halogens is 2. The Morgan fingerprint density at radius 1 is 1.13 bits per heavy atom. The maximum atomic E-state index is 14.4. The smallest absolute Gasteiger partial charge is 0.257 e. The Bertz CT molecular complexity index is 1150. The van der Waals surface area contributed by atoms with Crippen LogP contribution in [-0.2, 0) is 11.2 Å². The first-order chi connectivity index (χ1) is 14.9. The van der Waals surface area contributed by atoms with Crippen molar-refractivity contribution in [2.24, 2.45) is 5.73 Å². The molecule has 7 heteroatoms. The van der Waals surface area contributed by atoms with Gasteiger partial charge in [-0.3, -0.25) is 14.6 Å². The van der Waals surface area contributed by atoms with Crippen molar-refractivity contribution < 1.29 is 18.4 Å². The molecule has 0 bridgehead atoms. The maximum Gasteiger partial charge on any atom is 0.257 e. The van der Waals surface area contributed by atoms with Gasteiger partial charge in [-0.1, -0.05) is 30.3 Å². The molecule has 158 valence electrons. The molecule has 31 heavy (non-hydrogen) atoms. The third-order valence-electron chi connectivity index (χ3n) is 5.69. The molecule has 2 aromatic carbocycles. The maximum absolute atomic E-state index is 14.4. The monoisotopic (exact) mass is 421 g/mol. The molecule has 1 heterocycles. The molecule has 2 atom stereocenters. The lowest BCUT2D eigenvalue weighted by Gasteiger charge is -2.36. The van der Waals surface area contributed by atoms with E-state index in [1.54, 1.807) is 55.6 Å². The molecule has 0 saturated heterocycles. The highest BCUT2D eigenvalue weighted by atomic mass is 19.1. The number of amides is 2. The van der Waals surface area contributed by atoms with Gasteiger partial charge < -0.3 is 10.6 Å². The second kappa shape index (κ2) is 8.26. The van der Waals surface area contributed by atoms with Crippen molar-refractivity contribution in [1.82, 2.24) is 9.88 Å². The normalized spacial score (nSPS) is 15.9. The molecule has 0 radical (unpaired) electrons. The standard InChI is InChI=1S/C24H21F2N3O2/c1-14-17(8-5-11-28-14)24(31)29(22(23(27)30)15-6-3-2-4-7-15)21-10-9-18-19(21)12-16(25)13-20(18)26/h2-8,11-13,21-22H,9-10H2,1H3,(H2,27,30)/t21-,22-/m1/s1. The number of hydrogen-bond donors (Lipinski definition) is 1. The van der Waals surface area contributed by atoms with Crippen LogP contribution in [0, 0.1) is 18.6 Å². The number of nitrogens with zero attached hydrogens (tertiary/aromatic N) is 2. The summed E-state index contributed by atoms with van der Waals surface area (Å²) in [5.41, 5.74) is 7.79. The molecule has 1 aromatic heterocycles. The van der Waals surface area contributed by atoms with E-state index in [-0.39, 0.29) is 0 Å². The molecule has 1 aliphatic rings. The number of pyridine rings is 1. The van der Waals surface area contributed by atoms with Crippen molar-refractivity contribution in [2.45, 2.75) is 31.8 Å². The highest BCUT2D eigenvalue weighted by molar-refractivity contribution is 5.98. The van der Waals surface area contributed by atoms with Gasteiger partial charge in [-0.2, -0.15) is 0 Å². The first-order valence-corrected chi connectivity index (χ1v) is 9.95. The topological polar surface area (TPSA) is 76.3 Å². The van der Waals surface area contributed by atoms with Crippen LogP contribution in [0.25, 0.3) is 0 Å². The third-order valence-corrected chi connectivity index (χ3v) is 5.69. The zero-order chi connectivity index (χ0) is 22.1. The van der Waals surface area contributed by atoms with E-state index in [2.05, 4.69) is 4.98 Å². The zero-order valence-corrected chi connectivity index (χ0v) is 16.9. The number of primary amides is 1. The number of aryl methyl sites for hydroxylation is 1. The molecule has 3 aromatic rings. The van der Waals surface area contributed by atoms with Gasteiger partial charge in [0, 0.05) is 18.0 Å². The average Bonchev–Trinajstić information content (AvgIpc) is 3.16. The van der Waals surface area contributed by atoms with Crippen LogP contribution in [0.1, 0.15) is 51.2 Å². The lowest BCUT2D eigenvalue weighted by atomic mass is 9.97. The quantitative estimate of drug-likeness (QED) is 0.676. The predicted molar refractivity (Wildman–Crippen MR) is 111 cm³/mol. The number of rotatable bonds is 5. The van der Waals surface area contributed by atoms with Gasteiger partial charge in [0.05, 0.1) is 11.6 Å². The fraction of sp³-hybridized carbons (Fsp3) is 0.208. The van der Waals surface area contributed by atoms with Crippen LogP contribution >= 0.6 is 0 Å². The summed E-state index contributed by atoms with van der Waals surface area (Å²) in [6.07, 6.45) is 2.23. The van der Waals surface area contributed by atoms with Gasteiger partial charge in [-0.25, -0.2) is 8.78 Å². The first-order valence-electron chi connectivity index (χ1n) is 9.95. The van der Waals surface area contributed by atoms with Gasteiger partial charge in [0.15, 0.2) is 0 Å². The van der Waals surface area contributed by atoms with Crippen LogP contribution in [0.2, 0.25) is 0 Å². The van der Waals surface area contributed by atoms with Gasteiger partial charge in [0.2, 0.25) is 5.91 Å². The van der Waals surface area contributed by atoms with Gasteiger partial charge in [0.25, 0.3) is 5.91 Å². The molecule has 0 unspecified atom stereocenters. The summed E-state index contributed by atoms with van der Waals surface area (Å²) in [7, 11) is 0. The van der Waals surface area contributed by atoms with E-state index in [1.807, 2.05) is 0 Å². The van der Waals surface area contributed by atoms with Crippen molar-refractivity contribution in [2.75, 3.05) is 0 Å². The van der Waals surface area contributed by atoms with E-state index in [4.69, 9.17) is 5.73 Å². The zero-order valence-electron chi connectivity index (χ0n) is 16.9. The Morgan fingerprint density at radius 2 is 1.87 bits per heavy atom. The molecular formula is C24H21F2N3O2. The molecule has 0 saturated carbocycles. The van der Waals surface area contributed by atoms with Crippen LogP contribution in [0.3, 0.4) is 0 Å². The Labute approximate surface area is 178 Å². The number of aromatic nitrogens is 1. The average molecular weight is 421 g/mol. The van der Waals surface area contributed by atoms with Crippen molar-refractivity contribution in [3.05, 3.63) is 100 Å². The third kappa shape index (κ3) is 3.79. The SMILES string of the molecule is Cc1ncccc1C(=O)N([C@@H]1CCc2c(F)cc(F)cc21)[C@@H](C(N)=O)c1ccccc1. The highest BCUT2D eigenvalue weighted by Gasteiger charge is 2.40. The van der Waals surface area contributed by atoms with Crippen LogP contribution in [0.4, 0.5) is 8.78 Å². The van der Waals surface area contributed by atoms with Crippen molar-refractivity contribution in [3.8, 4) is 0 Å². The molecule has 1 aliphatic carbocycles. The fourth-order valence-electron chi connectivity index (χ4n) is 4.30. The van der Waals surface area contributed by atoms with E-state index in [1.165, 1.54) is 11.0 Å². The summed E-state index contributed by atoms with van der Waals surface area (Å²) in [6, 6.07) is 12.1.